The van der Waals surface area contributed by atoms with Crippen LogP contribution in [0.3, 0.4) is 0 Å². The van der Waals surface area contributed by atoms with Gasteiger partial charge in [0, 0.05) is 30.4 Å². The minimum atomic E-state index is -0.0651. The Morgan fingerprint density at radius 2 is 2.33 bits per heavy atom. The number of esters is 1. The summed E-state index contributed by atoms with van der Waals surface area (Å²) in [5.41, 5.74) is 2.16. The summed E-state index contributed by atoms with van der Waals surface area (Å²) < 4.78 is 5.16. The second kappa shape index (κ2) is 6.12. The largest absolute Gasteiger partial charge is 0.466 e. The van der Waals surface area contributed by atoms with Crippen molar-refractivity contribution in [3.63, 3.8) is 0 Å². The average Bonchev–Trinajstić information content (AvgIpc) is 2.55. The molecule has 1 aliphatic rings. The fourth-order valence-corrected chi connectivity index (χ4v) is 2.92. The Morgan fingerprint density at radius 1 is 1.43 bits per heavy atom. The monoisotopic (exact) mass is 284 g/mol. The molecule has 1 aromatic carbocycles. The third-order valence-corrected chi connectivity index (χ3v) is 3.99. The molecule has 4 heteroatoms. The fraction of sp³-hybridized carbons (Fsp3) is 0.412. The summed E-state index contributed by atoms with van der Waals surface area (Å²) in [6.07, 6.45) is 3.75. The molecule has 3 rings (SSSR count). The van der Waals surface area contributed by atoms with Gasteiger partial charge in [-0.1, -0.05) is 6.07 Å². The molecule has 0 saturated carbocycles. The number of aromatic nitrogens is 1. The lowest BCUT2D eigenvalue weighted by Gasteiger charge is -2.33. The third-order valence-electron chi connectivity index (χ3n) is 3.99. The number of nitrogens with zero attached hydrogens (tertiary/aromatic N) is 2. The highest BCUT2D eigenvalue weighted by molar-refractivity contribution is 5.82. The Labute approximate surface area is 124 Å². The molecule has 0 radical (unpaired) electrons. The molecule has 2 aromatic rings. The van der Waals surface area contributed by atoms with Crippen LogP contribution in [0.25, 0.3) is 10.9 Å². The normalized spacial score (nSPS) is 18.7. The van der Waals surface area contributed by atoms with Gasteiger partial charge in [-0.15, -0.1) is 0 Å². The SMILES string of the molecule is CCOC(=O)C1CCCN(c2ccc3ncccc3c2)C1. The molecule has 2 heterocycles. The topological polar surface area (TPSA) is 42.4 Å². The van der Waals surface area contributed by atoms with E-state index < -0.39 is 0 Å². The molecular formula is C17H20N2O2. The number of piperidine rings is 1. The molecule has 21 heavy (non-hydrogen) atoms. The van der Waals surface area contributed by atoms with E-state index in [1.807, 2.05) is 19.1 Å². The van der Waals surface area contributed by atoms with Crippen molar-refractivity contribution in [3.05, 3.63) is 36.5 Å². The Hall–Kier alpha value is -2.10. The van der Waals surface area contributed by atoms with Crippen molar-refractivity contribution < 1.29 is 9.53 Å². The van der Waals surface area contributed by atoms with Crippen molar-refractivity contribution >= 4 is 22.6 Å². The van der Waals surface area contributed by atoms with Crippen LogP contribution in [0.4, 0.5) is 5.69 Å². The molecule has 0 aliphatic carbocycles. The van der Waals surface area contributed by atoms with Gasteiger partial charge in [0.05, 0.1) is 18.0 Å². The van der Waals surface area contributed by atoms with E-state index in [9.17, 15) is 4.79 Å². The Kier molecular flexibility index (Phi) is 4.04. The first-order valence-corrected chi connectivity index (χ1v) is 7.54. The van der Waals surface area contributed by atoms with E-state index in [0.29, 0.717) is 6.61 Å². The zero-order valence-corrected chi connectivity index (χ0v) is 12.3. The standard InChI is InChI=1S/C17H20N2O2/c1-2-21-17(20)14-6-4-10-19(12-14)15-7-8-16-13(11-15)5-3-9-18-16/h3,5,7-9,11,14H,2,4,6,10,12H2,1H3. The molecule has 1 fully saturated rings. The highest BCUT2D eigenvalue weighted by Gasteiger charge is 2.27. The third kappa shape index (κ3) is 2.99. The van der Waals surface area contributed by atoms with Crippen molar-refractivity contribution in [2.45, 2.75) is 19.8 Å². The van der Waals surface area contributed by atoms with Gasteiger partial charge in [0.15, 0.2) is 0 Å². The molecular weight excluding hydrogens is 264 g/mol. The fourth-order valence-electron chi connectivity index (χ4n) is 2.92. The number of hydrogen-bond donors (Lipinski definition) is 0. The van der Waals surface area contributed by atoms with Gasteiger partial charge >= 0.3 is 5.97 Å². The second-order valence-electron chi connectivity index (χ2n) is 5.42. The van der Waals surface area contributed by atoms with E-state index >= 15 is 0 Å². The lowest BCUT2D eigenvalue weighted by atomic mass is 9.97. The van der Waals surface area contributed by atoms with Crippen molar-refractivity contribution in [2.75, 3.05) is 24.6 Å². The van der Waals surface area contributed by atoms with Crippen LogP contribution in [-0.2, 0) is 9.53 Å². The van der Waals surface area contributed by atoms with E-state index in [0.717, 1.165) is 42.5 Å². The summed E-state index contributed by atoms with van der Waals surface area (Å²) in [5, 5.41) is 1.13. The van der Waals surface area contributed by atoms with Crippen LogP contribution in [0.2, 0.25) is 0 Å². The van der Waals surface area contributed by atoms with Gasteiger partial charge in [-0.05, 0) is 44.0 Å². The summed E-state index contributed by atoms with van der Waals surface area (Å²) in [4.78, 5) is 18.5. The number of carbonyl (C=O) groups excluding carboxylic acids is 1. The van der Waals surface area contributed by atoms with E-state index in [1.54, 1.807) is 6.20 Å². The lowest BCUT2D eigenvalue weighted by Crippen LogP contribution is -2.39. The predicted octanol–water partition coefficient (Wildman–Crippen LogP) is 3.01. The van der Waals surface area contributed by atoms with E-state index in [2.05, 4.69) is 28.1 Å². The summed E-state index contributed by atoms with van der Waals surface area (Å²) >= 11 is 0. The molecule has 1 saturated heterocycles. The zero-order valence-electron chi connectivity index (χ0n) is 12.3. The maximum atomic E-state index is 11.9. The number of carbonyl (C=O) groups is 1. The lowest BCUT2D eigenvalue weighted by molar-refractivity contribution is -0.148. The zero-order chi connectivity index (χ0) is 14.7. The summed E-state index contributed by atoms with van der Waals surface area (Å²) in [5.74, 6) is -0.0760. The molecule has 110 valence electrons. The number of rotatable bonds is 3. The first-order chi connectivity index (χ1) is 10.3. The van der Waals surface area contributed by atoms with Gasteiger partial charge in [0.1, 0.15) is 0 Å². The molecule has 1 atom stereocenters. The number of anilines is 1. The van der Waals surface area contributed by atoms with Crippen LogP contribution in [-0.4, -0.2) is 30.6 Å². The Morgan fingerprint density at radius 3 is 3.19 bits per heavy atom. The molecule has 1 aliphatic heterocycles. The van der Waals surface area contributed by atoms with E-state index in [4.69, 9.17) is 4.74 Å². The van der Waals surface area contributed by atoms with Crippen LogP contribution in [0, 0.1) is 5.92 Å². The minimum absolute atomic E-state index is 0.0108. The summed E-state index contributed by atoms with van der Waals surface area (Å²) in [6.45, 7) is 4.04. The van der Waals surface area contributed by atoms with Crippen LogP contribution in [0.5, 0.6) is 0 Å². The maximum Gasteiger partial charge on any atom is 0.310 e. The van der Waals surface area contributed by atoms with Crippen molar-refractivity contribution in [3.8, 4) is 0 Å². The molecule has 1 unspecified atom stereocenters. The van der Waals surface area contributed by atoms with Gasteiger partial charge in [-0.2, -0.15) is 0 Å². The van der Waals surface area contributed by atoms with Crippen LogP contribution < -0.4 is 4.90 Å². The quantitative estimate of drug-likeness (QED) is 0.813. The van der Waals surface area contributed by atoms with Crippen LogP contribution in [0.1, 0.15) is 19.8 Å². The predicted molar refractivity (Wildman–Crippen MR) is 83.3 cm³/mol. The van der Waals surface area contributed by atoms with Gasteiger partial charge in [-0.3, -0.25) is 9.78 Å². The minimum Gasteiger partial charge on any atom is -0.466 e. The molecule has 0 amide bonds. The average molecular weight is 284 g/mol. The van der Waals surface area contributed by atoms with Crippen LogP contribution in [0.15, 0.2) is 36.5 Å². The van der Waals surface area contributed by atoms with Gasteiger partial charge in [0.25, 0.3) is 0 Å². The van der Waals surface area contributed by atoms with Gasteiger partial charge in [0.2, 0.25) is 0 Å². The van der Waals surface area contributed by atoms with Crippen molar-refractivity contribution in [2.24, 2.45) is 5.92 Å². The first-order valence-electron chi connectivity index (χ1n) is 7.54. The number of fused-ring (bicyclic) bond motifs is 1. The summed E-state index contributed by atoms with van der Waals surface area (Å²) in [6, 6.07) is 10.3. The van der Waals surface area contributed by atoms with E-state index in [-0.39, 0.29) is 11.9 Å². The number of hydrogen-bond acceptors (Lipinski definition) is 4. The summed E-state index contributed by atoms with van der Waals surface area (Å²) in [7, 11) is 0. The highest BCUT2D eigenvalue weighted by Crippen LogP contribution is 2.26. The Bertz CT molecular complexity index is 641. The molecule has 4 nitrogen and oxygen atoms in total. The number of benzene rings is 1. The van der Waals surface area contributed by atoms with Crippen molar-refractivity contribution in [1.82, 2.24) is 4.98 Å². The smallest absolute Gasteiger partial charge is 0.310 e. The molecule has 0 spiro atoms. The van der Waals surface area contributed by atoms with Gasteiger partial charge in [-0.25, -0.2) is 0 Å². The van der Waals surface area contributed by atoms with Gasteiger partial charge < -0.3 is 9.64 Å². The Balaban J connectivity index is 1.79. The number of pyridine rings is 1. The molecule has 1 aromatic heterocycles. The number of ether oxygens (including phenoxy) is 1. The van der Waals surface area contributed by atoms with E-state index in [1.165, 1.54) is 0 Å². The maximum absolute atomic E-state index is 11.9. The van der Waals surface area contributed by atoms with Crippen molar-refractivity contribution in [1.29, 1.82) is 0 Å². The highest BCUT2D eigenvalue weighted by atomic mass is 16.5. The molecule has 0 N–H and O–H groups in total. The van der Waals surface area contributed by atoms with Crippen LogP contribution >= 0.6 is 0 Å². The first kappa shape index (κ1) is 13.9. The molecule has 0 bridgehead atoms. The second-order valence-corrected chi connectivity index (χ2v) is 5.42.